The van der Waals surface area contributed by atoms with Crippen molar-refractivity contribution in [2.45, 2.75) is 70.9 Å². The highest BCUT2D eigenvalue weighted by atomic mass is 16.3. The summed E-state index contributed by atoms with van der Waals surface area (Å²) < 4.78 is 0. The highest BCUT2D eigenvalue weighted by molar-refractivity contribution is 5.76. The normalized spacial score (nSPS) is 23.5. The minimum absolute atomic E-state index is 0.121. The third-order valence-corrected chi connectivity index (χ3v) is 5.88. The number of nitrogens with one attached hydrogen (secondary N) is 1. The summed E-state index contributed by atoms with van der Waals surface area (Å²) in [5.74, 6) is 0.699. The monoisotopic (exact) mass is 421 g/mol. The molecule has 0 radical (unpaired) electrons. The fourth-order valence-corrected chi connectivity index (χ4v) is 5.11. The summed E-state index contributed by atoms with van der Waals surface area (Å²) >= 11 is 0. The molecule has 166 valence electrons. The van der Waals surface area contributed by atoms with Gasteiger partial charge in [-0.2, -0.15) is 10.2 Å². The molecular weight excluding hydrogens is 386 g/mol. The van der Waals surface area contributed by atoms with E-state index < -0.39 is 0 Å². The van der Waals surface area contributed by atoms with Gasteiger partial charge in [-0.3, -0.25) is 4.99 Å². The predicted octanol–water partition coefficient (Wildman–Crippen LogP) is 4.90. The van der Waals surface area contributed by atoms with E-state index >= 15 is 0 Å². The molecule has 6 nitrogen and oxygen atoms in total. The molecule has 0 amide bonds. The van der Waals surface area contributed by atoms with Gasteiger partial charge >= 0.3 is 0 Å². The van der Waals surface area contributed by atoms with Crippen molar-refractivity contribution >= 4 is 11.9 Å². The molecule has 1 aromatic heterocycles. The number of rotatable bonds is 7. The first-order valence-electron chi connectivity index (χ1n) is 11.1. The quantitative estimate of drug-likeness (QED) is 0.552. The molecule has 0 spiro atoms. The van der Waals surface area contributed by atoms with E-state index in [2.05, 4.69) is 48.2 Å². The van der Waals surface area contributed by atoms with Gasteiger partial charge in [-0.1, -0.05) is 13.3 Å². The third-order valence-electron chi connectivity index (χ3n) is 5.88. The van der Waals surface area contributed by atoms with E-state index in [1.165, 1.54) is 19.0 Å². The lowest BCUT2D eigenvalue weighted by molar-refractivity contribution is 0.108. The van der Waals surface area contributed by atoms with Crippen LogP contribution < -0.4 is 11.1 Å². The van der Waals surface area contributed by atoms with Crippen molar-refractivity contribution in [1.82, 2.24) is 15.5 Å². The van der Waals surface area contributed by atoms with Gasteiger partial charge < -0.3 is 16.2 Å². The lowest BCUT2D eigenvalue weighted by Gasteiger charge is -2.48. The van der Waals surface area contributed by atoms with E-state index in [1.54, 1.807) is 18.4 Å². The smallest absolute Gasteiger partial charge is 0.127 e. The summed E-state index contributed by atoms with van der Waals surface area (Å²) in [6, 6.07) is 9.22. The summed E-state index contributed by atoms with van der Waals surface area (Å²) in [4.78, 5) is 4.21. The van der Waals surface area contributed by atoms with Crippen molar-refractivity contribution in [2.24, 2.45) is 16.6 Å². The van der Waals surface area contributed by atoms with Crippen LogP contribution in [0.4, 0.5) is 5.69 Å². The fourth-order valence-electron chi connectivity index (χ4n) is 5.11. The lowest BCUT2D eigenvalue weighted by atomic mass is 9.72. The number of benzene rings is 1. The molecule has 1 saturated heterocycles. The third kappa shape index (κ3) is 6.14. The molecule has 3 rings (SSSR count). The molecule has 2 atom stereocenters. The van der Waals surface area contributed by atoms with Crippen LogP contribution in [0, 0.1) is 5.92 Å². The number of aliphatic imine (C=N–C) groups is 1. The molecule has 31 heavy (non-hydrogen) atoms. The lowest BCUT2D eigenvalue weighted by Crippen LogP contribution is -2.59. The number of hydrogen-bond acceptors (Lipinski definition) is 6. The Morgan fingerprint density at radius 1 is 1.19 bits per heavy atom. The molecular formula is C25H35N5O. The van der Waals surface area contributed by atoms with Crippen molar-refractivity contribution in [3.8, 4) is 17.0 Å². The summed E-state index contributed by atoms with van der Waals surface area (Å²) in [6.07, 6.45) is 10.2. The Balaban J connectivity index is 1.72. The molecule has 1 fully saturated rings. The number of aromatic hydroxyl groups is 1. The number of allylic oxidation sites excluding steroid dienone is 1. The van der Waals surface area contributed by atoms with Gasteiger partial charge in [-0.05, 0) is 88.9 Å². The van der Waals surface area contributed by atoms with E-state index in [4.69, 9.17) is 5.73 Å². The second kappa shape index (κ2) is 9.60. The Labute approximate surface area is 185 Å². The van der Waals surface area contributed by atoms with E-state index in [9.17, 15) is 5.11 Å². The Hall–Kier alpha value is -2.73. The fraction of sp³-hybridized carbons (Fsp3) is 0.480. The van der Waals surface area contributed by atoms with Crippen molar-refractivity contribution in [3.63, 3.8) is 0 Å². The van der Waals surface area contributed by atoms with E-state index in [-0.39, 0.29) is 16.8 Å². The Morgan fingerprint density at radius 3 is 2.65 bits per heavy atom. The zero-order valence-electron chi connectivity index (χ0n) is 19.1. The number of aromatic nitrogens is 2. The van der Waals surface area contributed by atoms with Gasteiger partial charge in [0, 0.05) is 28.9 Å². The van der Waals surface area contributed by atoms with Gasteiger partial charge in [0.1, 0.15) is 5.75 Å². The van der Waals surface area contributed by atoms with Crippen LogP contribution in [0.2, 0.25) is 0 Å². The Kier molecular flexibility index (Phi) is 7.11. The van der Waals surface area contributed by atoms with Crippen LogP contribution in [0.25, 0.3) is 11.3 Å². The number of phenols is 1. The van der Waals surface area contributed by atoms with E-state index in [0.29, 0.717) is 22.9 Å². The van der Waals surface area contributed by atoms with Crippen molar-refractivity contribution in [1.29, 1.82) is 0 Å². The number of piperidine rings is 1. The van der Waals surface area contributed by atoms with E-state index in [1.807, 2.05) is 24.3 Å². The Morgan fingerprint density at radius 2 is 2.00 bits per heavy atom. The molecule has 0 bridgehead atoms. The molecule has 0 aliphatic carbocycles. The van der Waals surface area contributed by atoms with Crippen LogP contribution in [-0.2, 0) is 6.42 Å². The van der Waals surface area contributed by atoms with Crippen molar-refractivity contribution < 1.29 is 5.11 Å². The maximum atomic E-state index is 10.4. The largest absolute Gasteiger partial charge is 0.507 e. The summed E-state index contributed by atoms with van der Waals surface area (Å²) in [5.41, 5.74) is 8.53. The van der Waals surface area contributed by atoms with Crippen LogP contribution in [0.15, 0.2) is 47.6 Å². The first kappa shape index (κ1) is 22.9. The number of nitrogens with two attached hydrogens (primary N) is 1. The van der Waals surface area contributed by atoms with E-state index in [0.717, 1.165) is 25.0 Å². The number of hydrogen-bond donors (Lipinski definition) is 3. The molecule has 2 unspecified atom stereocenters. The predicted molar refractivity (Wildman–Crippen MR) is 128 cm³/mol. The van der Waals surface area contributed by atoms with Crippen LogP contribution in [0.3, 0.4) is 0 Å². The van der Waals surface area contributed by atoms with Gasteiger partial charge in [0.05, 0.1) is 17.1 Å². The van der Waals surface area contributed by atoms with Gasteiger partial charge in [0.25, 0.3) is 0 Å². The maximum absolute atomic E-state index is 10.4. The number of nitrogens with zero attached hydrogens (tertiary/aromatic N) is 3. The zero-order chi connectivity index (χ0) is 22.5. The molecule has 1 aliphatic rings. The Bertz CT molecular complexity index is 935. The highest BCUT2D eigenvalue weighted by Crippen LogP contribution is 2.37. The first-order valence-corrected chi connectivity index (χ1v) is 11.1. The van der Waals surface area contributed by atoms with Crippen molar-refractivity contribution in [2.75, 3.05) is 0 Å². The average molecular weight is 422 g/mol. The maximum Gasteiger partial charge on any atom is 0.127 e. The molecule has 6 heteroatoms. The molecule has 1 aliphatic heterocycles. The molecule has 0 saturated carbocycles. The van der Waals surface area contributed by atoms with Gasteiger partial charge in [0.2, 0.25) is 0 Å². The second-order valence-corrected chi connectivity index (χ2v) is 9.57. The molecule has 2 aromatic rings. The second-order valence-electron chi connectivity index (χ2n) is 9.57. The van der Waals surface area contributed by atoms with Crippen molar-refractivity contribution in [3.05, 3.63) is 48.3 Å². The van der Waals surface area contributed by atoms with Crippen LogP contribution in [0.5, 0.6) is 5.75 Å². The highest BCUT2D eigenvalue weighted by Gasteiger charge is 2.39. The van der Waals surface area contributed by atoms with Crippen LogP contribution >= 0.6 is 0 Å². The minimum atomic E-state index is 0.121. The summed E-state index contributed by atoms with van der Waals surface area (Å²) in [5, 5.41) is 23.1. The average Bonchev–Trinajstić information content (AvgIpc) is 2.67. The zero-order valence-corrected chi connectivity index (χ0v) is 19.1. The van der Waals surface area contributed by atoms with Gasteiger partial charge in [-0.25, -0.2) is 0 Å². The first-order chi connectivity index (χ1) is 14.7. The van der Waals surface area contributed by atoms with Crippen LogP contribution in [-0.4, -0.2) is 32.6 Å². The SMILES string of the molecule is CCCC1(C)CC(Cc2ccc(-c3ccc(N=CC=CN)cc3O)nn2)CC(C)(C)N1. The molecule has 4 N–H and O–H groups in total. The van der Waals surface area contributed by atoms with Gasteiger partial charge in [-0.15, -0.1) is 0 Å². The molecule has 1 aromatic carbocycles. The minimum Gasteiger partial charge on any atom is -0.507 e. The topological polar surface area (TPSA) is 96.4 Å². The summed E-state index contributed by atoms with van der Waals surface area (Å²) in [6.45, 7) is 9.19. The summed E-state index contributed by atoms with van der Waals surface area (Å²) in [7, 11) is 0. The molecule has 2 heterocycles. The van der Waals surface area contributed by atoms with Gasteiger partial charge in [0.15, 0.2) is 0 Å². The standard InChI is InChI=1S/C25H35N5O/c1-5-11-25(4)17-18(16-24(2,3)30-25)14-20-8-10-22(29-28-20)21-9-7-19(15-23(21)31)27-13-6-12-26/h6-10,12-13,15,18,30-31H,5,11,14,16-17,26H2,1-4H3. The number of phenolic OH excluding ortho intramolecular Hbond substituents is 1. The van der Waals surface area contributed by atoms with Crippen LogP contribution in [0.1, 0.15) is 59.1 Å².